The van der Waals surface area contributed by atoms with Gasteiger partial charge in [0.25, 0.3) is 0 Å². The van der Waals surface area contributed by atoms with Crippen molar-refractivity contribution < 1.29 is 23.3 Å². The van der Waals surface area contributed by atoms with Gasteiger partial charge in [0.05, 0.1) is 23.5 Å². The van der Waals surface area contributed by atoms with Crippen molar-refractivity contribution in [2.75, 3.05) is 23.0 Å². The van der Waals surface area contributed by atoms with Crippen LogP contribution in [0.2, 0.25) is 0 Å². The summed E-state index contributed by atoms with van der Waals surface area (Å²) < 4.78 is 38.1. The molecule has 0 saturated heterocycles. The minimum atomic E-state index is -0.566. The van der Waals surface area contributed by atoms with Crippen LogP contribution in [0, 0.1) is 0 Å². The van der Waals surface area contributed by atoms with Gasteiger partial charge >= 0.3 is 0 Å². The van der Waals surface area contributed by atoms with Gasteiger partial charge in [-0.25, -0.2) is 0 Å². The van der Waals surface area contributed by atoms with E-state index in [1.807, 2.05) is 86.7 Å². The Balaban J connectivity index is 1.59. The first-order valence-electron chi connectivity index (χ1n) is 15.3. The summed E-state index contributed by atoms with van der Waals surface area (Å²) >= 11 is 3.17. The van der Waals surface area contributed by atoms with E-state index in [0.717, 1.165) is 118 Å². The quantitative estimate of drug-likeness (QED) is 0.0658. The number of aliphatic imine (C=N–C) groups is 1. The minimum absolute atomic E-state index is 0.0388. The third-order valence-electron chi connectivity index (χ3n) is 8.96. The topological polar surface area (TPSA) is 117 Å². The molecule has 2 heterocycles. The van der Waals surface area contributed by atoms with Crippen molar-refractivity contribution in [2.45, 2.75) is 79.5 Å². The lowest BCUT2D eigenvalue weighted by Crippen LogP contribution is -2.47. The summed E-state index contributed by atoms with van der Waals surface area (Å²) in [4.78, 5) is 8.67. The molecule has 11 heteroatoms. The lowest BCUT2D eigenvalue weighted by molar-refractivity contribution is 0.216. The van der Waals surface area contributed by atoms with Crippen molar-refractivity contribution in [3.8, 4) is 0 Å². The highest BCUT2D eigenvalue weighted by atomic mass is 32.2. The zero-order chi connectivity index (χ0) is 33.4. The largest absolute Gasteiger partial charge is 0.394 e. The summed E-state index contributed by atoms with van der Waals surface area (Å²) in [5.74, 6) is 1.27. The van der Waals surface area contributed by atoms with Gasteiger partial charge in [0.2, 0.25) is 0 Å². The van der Waals surface area contributed by atoms with E-state index in [9.17, 15) is 23.3 Å². The van der Waals surface area contributed by atoms with Gasteiger partial charge in [0.15, 0.2) is 0 Å². The van der Waals surface area contributed by atoms with Crippen LogP contribution in [0.3, 0.4) is 0 Å². The van der Waals surface area contributed by atoms with Gasteiger partial charge in [-0.15, -0.1) is 0 Å². The van der Waals surface area contributed by atoms with Gasteiger partial charge in [0.1, 0.15) is 0 Å². The first kappa shape index (κ1) is 36.9. The average Bonchev–Trinajstić information content (AvgIpc) is 3.47. The Hall–Kier alpha value is -1.93. The molecule has 0 aliphatic carbocycles. The number of allylic oxidation sites excluding steroid dienone is 8. The van der Waals surface area contributed by atoms with Crippen LogP contribution in [-0.2, 0) is 10.8 Å². The molecule has 2 aliphatic rings. The first-order chi connectivity index (χ1) is 22.1. The lowest BCUT2D eigenvalue weighted by atomic mass is 9.76. The summed E-state index contributed by atoms with van der Waals surface area (Å²) in [7, 11) is 0. The summed E-state index contributed by atoms with van der Waals surface area (Å²) in [6, 6.07) is 11.8. The molecule has 248 valence electrons. The van der Waals surface area contributed by atoms with Crippen molar-refractivity contribution >= 4 is 65.3 Å². The second-order valence-electron chi connectivity index (χ2n) is 12.6. The highest BCUT2D eigenvalue weighted by Crippen LogP contribution is 2.54. The van der Waals surface area contributed by atoms with Crippen LogP contribution in [0.5, 0.6) is 0 Å². The summed E-state index contributed by atoms with van der Waals surface area (Å²) in [5, 5.41) is 10.4. The van der Waals surface area contributed by atoms with Crippen molar-refractivity contribution in [2.24, 2.45) is 4.99 Å². The van der Waals surface area contributed by atoms with Crippen molar-refractivity contribution in [1.82, 2.24) is 0 Å². The number of hydrogen-bond donors (Lipinski definition) is 5. The number of nitrogens with zero attached hydrogens (tertiary/aromatic N) is 2. The van der Waals surface area contributed by atoms with Crippen LogP contribution in [-0.4, -0.2) is 52.7 Å². The van der Waals surface area contributed by atoms with Gasteiger partial charge < -0.3 is 28.2 Å². The zero-order valence-electron chi connectivity index (χ0n) is 26.7. The van der Waals surface area contributed by atoms with E-state index in [1.165, 1.54) is 0 Å². The maximum Gasteiger partial charge on any atom is 0.0675 e. The lowest BCUT2D eigenvalue weighted by Gasteiger charge is -2.40. The van der Waals surface area contributed by atoms with Crippen molar-refractivity contribution in [3.05, 3.63) is 95.8 Å². The molecule has 2 aliphatic heterocycles. The molecule has 2 unspecified atom stereocenters. The first-order valence-corrected chi connectivity index (χ1v) is 18.7. The molecular weight excluding hydrogens is 657 g/mol. The molecule has 7 nitrogen and oxygen atoms in total. The number of fused-ring (bicyclic) bond motifs is 2. The molecule has 0 radical (unpaired) electrons. The molecule has 2 aromatic carbocycles. The monoisotopic (exact) mass is 700 g/mol. The minimum Gasteiger partial charge on any atom is -0.394 e. The Labute approximate surface area is 290 Å². The molecule has 0 aromatic heterocycles. The smallest absolute Gasteiger partial charge is 0.0675 e. The normalized spacial score (nSPS) is 22.2. The van der Waals surface area contributed by atoms with E-state index in [2.05, 4.69) is 24.8 Å². The fourth-order valence-corrected chi connectivity index (χ4v) is 7.57. The number of rotatable bonds is 16. The average molecular weight is 701 g/mol. The highest BCUT2D eigenvalue weighted by molar-refractivity contribution is 7.94. The molecular formula is C35H44N2O5S4. The number of aliphatic hydroxyl groups excluding tert-OH is 1. The SMILES string of the molecule is CC1(CCCSO)C(/C=C/C=C/C=C/C=C2/N(C(C)(C)CO)c3ccc(SO)cc3C2(C)CCCSO)=Nc2ccc(SO)cc21. The van der Waals surface area contributed by atoms with E-state index >= 15 is 0 Å². The fourth-order valence-electron chi connectivity index (χ4n) is 6.42. The predicted octanol–water partition coefficient (Wildman–Crippen LogP) is 10.2. The molecule has 0 saturated carbocycles. The van der Waals surface area contributed by atoms with Crippen molar-refractivity contribution in [3.63, 3.8) is 0 Å². The summed E-state index contributed by atoms with van der Waals surface area (Å²) in [5.41, 5.74) is 4.83. The standard InChI is InChI=1S/C35H44N2O5S4/c1-33(2,24-38)37-30-17-15-26(46-42)23-28(30)35(4,19-11-21-44-40)32(37)13-9-7-5-6-8-12-31-34(3,18-10-20-43-39)27-22-25(45-41)14-16-29(27)36-31/h5-9,12-17,22-23,38-42H,10-11,18-21,24H2,1-4H3/b6-5+,9-7+,12-8+,32-13+. The van der Waals surface area contributed by atoms with E-state index < -0.39 is 5.54 Å². The molecule has 5 N–H and O–H groups in total. The highest BCUT2D eigenvalue weighted by Gasteiger charge is 2.47. The fraction of sp³-hybridized carbons (Fsp3) is 0.400. The van der Waals surface area contributed by atoms with Gasteiger partial charge in [-0.3, -0.25) is 4.99 Å². The molecule has 0 fully saturated rings. The zero-order valence-corrected chi connectivity index (χ0v) is 30.0. The van der Waals surface area contributed by atoms with Crippen LogP contribution in [0.1, 0.15) is 64.5 Å². The number of hydrogen-bond acceptors (Lipinski definition) is 11. The molecule has 0 amide bonds. The van der Waals surface area contributed by atoms with Crippen LogP contribution in [0.15, 0.2) is 99.4 Å². The Morgan fingerprint density at radius 3 is 2.00 bits per heavy atom. The Morgan fingerprint density at radius 2 is 1.37 bits per heavy atom. The summed E-state index contributed by atoms with van der Waals surface area (Å²) in [6.45, 7) is 8.37. The predicted molar refractivity (Wildman–Crippen MR) is 199 cm³/mol. The number of anilines is 1. The number of benzene rings is 2. The third kappa shape index (κ3) is 7.85. The maximum atomic E-state index is 10.4. The molecule has 0 spiro atoms. The second-order valence-corrected chi connectivity index (χ2v) is 15.2. The van der Waals surface area contributed by atoms with Crippen molar-refractivity contribution in [1.29, 1.82) is 0 Å². The molecule has 4 rings (SSSR count). The second kappa shape index (κ2) is 16.5. The van der Waals surface area contributed by atoms with E-state index in [0.29, 0.717) is 11.5 Å². The molecule has 46 heavy (non-hydrogen) atoms. The Kier molecular flexibility index (Phi) is 13.2. The third-order valence-corrected chi connectivity index (χ3v) is 10.8. The van der Waals surface area contributed by atoms with Crippen LogP contribution < -0.4 is 4.90 Å². The van der Waals surface area contributed by atoms with Gasteiger partial charge in [-0.2, -0.15) is 0 Å². The van der Waals surface area contributed by atoms with E-state index in [1.54, 1.807) is 0 Å². The Morgan fingerprint density at radius 1 is 0.783 bits per heavy atom. The Bertz CT molecular complexity index is 1520. The maximum absolute atomic E-state index is 10.4. The van der Waals surface area contributed by atoms with Gasteiger partial charge in [-0.1, -0.05) is 30.4 Å². The molecule has 2 atom stereocenters. The van der Waals surface area contributed by atoms with Gasteiger partial charge in [0, 0.05) is 67.6 Å². The van der Waals surface area contributed by atoms with E-state index in [4.69, 9.17) is 4.99 Å². The van der Waals surface area contributed by atoms with Gasteiger partial charge in [-0.05, 0) is 137 Å². The summed E-state index contributed by atoms with van der Waals surface area (Å²) in [6.07, 6.45) is 17.3. The molecule has 0 bridgehead atoms. The molecule has 2 aromatic rings. The van der Waals surface area contributed by atoms with Crippen LogP contribution in [0.25, 0.3) is 0 Å². The van der Waals surface area contributed by atoms with E-state index in [-0.39, 0.29) is 17.4 Å². The van der Waals surface area contributed by atoms with Crippen LogP contribution >= 0.6 is 48.2 Å². The number of aliphatic hydroxyl groups is 1. The van der Waals surface area contributed by atoms with Crippen LogP contribution in [0.4, 0.5) is 11.4 Å².